The van der Waals surface area contributed by atoms with Crippen LogP contribution in [-0.4, -0.2) is 51.9 Å². The van der Waals surface area contributed by atoms with Gasteiger partial charge in [-0.2, -0.15) is 0 Å². The molecule has 0 atom stereocenters. The average Bonchev–Trinajstić information content (AvgIpc) is 3.75. The summed E-state index contributed by atoms with van der Waals surface area (Å²) in [7, 11) is -2.27. The number of aryl methyl sites for hydroxylation is 2. The number of amides is 1. The van der Waals surface area contributed by atoms with Crippen LogP contribution in [0.15, 0.2) is 86.7 Å². The molecule has 12 heteroatoms. The number of carbonyl (C=O) groups excluding carboxylic acids is 2. The van der Waals surface area contributed by atoms with Gasteiger partial charge < -0.3 is 23.4 Å². The van der Waals surface area contributed by atoms with E-state index in [1.807, 2.05) is 44.0 Å². The molecular formula is C38H42ClN3O7S. The van der Waals surface area contributed by atoms with Gasteiger partial charge in [0.1, 0.15) is 11.3 Å². The van der Waals surface area contributed by atoms with Crippen LogP contribution in [0.2, 0.25) is 5.02 Å². The molecule has 0 aliphatic carbocycles. The predicted molar refractivity (Wildman–Crippen MR) is 196 cm³/mol. The third-order valence-electron chi connectivity index (χ3n) is 8.76. The van der Waals surface area contributed by atoms with Crippen molar-refractivity contribution < 1.29 is 31.6 Å². The van der Waals surface area contributed by atoms with Gasteiger partial charge in [-0.1, -0.05) is 36.7 Å². The van der Waals surface area contributed by atoms with E-state index in [2.05, 4.69) is 0 Å². The summed E-state index contributed by atoms with van der Waals surface area (Å²) in [6, 6.07) is 19.1. The van der Waals surface area contributed by atoms with E-state index in [0.717, 1.165) is 5.69 Å². The lowest BCUT2D eigenvalue weighted by molar-refractivity contribution is 0.0491. The first-order chi connectivity index (χ1) is 24.0. The Hall–Kier alpha value is -4.74. The molecule has 50 heavy (non-hydrogen) atoms. The van der Waals surface area contributed by atoms with Crippen molar-refractivity contribution in [1.82, 2.24) is 4.90 Å². The van der Waals surface area contributed by atoms with Crippen molar-refractivity contribution in [1.29, 1.82) is 0 Å². The van der Waals surface area contributed by atoms with Crippen LogP contribution in [0.1, 0.15) is 71.1 Å². The molecule has 0 radical (unpaired) electrons. The third-order valence-corrected chi connectivity index (χ3v) is 11.1. The molecule has 2 aromatic heterocycles. The van der Waals surface area contributed by atoms with Gasteiger partial charge in [0.15, 0.2) is 0 Å². The summed E-state index contributed by atoms with van der Waals surface area (Å²) in [5.74, 6) is -0.316. The third kappa shape index (κ3) is 7.11. The lowest BCUT2D eigenvalue weighted by Crippen LogP contribution is -2.35. The second-order valence-electron chi connectivity index (χ2n) is 11.8. The molecule has 0 aliphatic heterocycles. The van der Waals surface area contributed by atoms with Gasteiger partial charge >= 0.3 is 5.97 Å². The number of fused-ring (bicyclic) bond motifs is 1. The van der Waals surface area contributed by atoms with E-state index in [-0.39, 0.29) is 42.8 Å². The molecular weight excluding hydrogens is 678 g/mol. The van der Waals surface area contributed by atoms with Gasteiger partial charge in [-0.25, -0.2) is 13.2 Å². The molecule has 264 valence electrons. The number of halogens is 1. The number of hydrogen-bond acceptors (Lipinski definition) is 8. The molecule has 0 bridgehead atoms. The van der Waals surface area contributed by atoms with Crippen molar-refractivity contribution in [3.63, 3.8) is 0 Å². The zero-order chi connectivity index (χ0) is 36.2. The standard InChI is InChI=1S/C38H42ClN3O7S/c1-7-29-34(20-19-33-35(29)25(5)36(49-33)38(44)47-10-4)50(45,46)42(9-3)32-22-27(40(6)8-2)18-17-26(32)23-41(24-28-14-13-21-48-28)37(43)30-15-11-12-16-31(30)39/h11-22H,7-10,23-24H2,1-6H3. The Balaban J connectivity index is 1.65. The number of hydrogen-bond donors (Lipinski definition) is 0. The number of carbonyl (C=O) groups is 2. The van der Waals surface area contributed by atoms with Crippen LogP contribution < -0.4 is 9.21 Å². The van der Waals surface area contributed by atoms with Gasteiger partial charge in [-0.3, -0.25) is 9.10 Å². The van der Waals surface area contributed by atoms with Crippen LogP contribution in [0.5, 0.6) is 0 Å². The second kappa shape index (κ2) is 15.4. The van der Waals surface area contributed by atoms with E-state index in [4.69, 9.17) is 25.2 Å². The number of nitrogens with zero attached hydrogens (tertiary/aromatic N) is 3. The van der Waals surface area contributed by atoms with Crippen molar-refractivity contribution in [2.24, 2.45) is 0 Å². The van der Waals surface area contributed by atoms with Crippen LogP contribution >= 0.6 is 11.6 Å². The minimum Gasteiger partial charge on any atom is -0.467 e. The number of benzene rings is 3. The molecule has 3 aromatic carbocycles. The van der Waals surface area contributed by atoms with Crippen LogP contribution in [0.4, 0.5) is 11.4 Å². The Morgan fingerprint density at radius 1 is 0.920 bits per heavy atom. The van der Waals surface area contributed by atoms with Gasteiger partial charge in [-0.15, -0.1) is 0 Å². The maximum atomic E-state index is 14.9. The molecule has 0 saturated heterocycles. The van der Waals surface area contributed by atoms with E-state index in [0.29, 0.717) is 62.7 Å². The maximum Gasteiger partial charge on any atom is 0.374 e. The van der Waals surface area contributed by atoms with Crippen LogP contribution in [-0.2, 0) is 34.3 Å². The normalized spacial score (nSPS) is 11.5. The lowest BCUT2D eigenvalue weighted by Gasteiger charge is -2.30. The number of sulfonamides is 1. The summed E-state index contributed by atoms with van der Waals surface area (Å²) in [5, 5.41) is 0.880. The Labute approximate surface area is 298 Å². The molecule has 0 N–H and O–H groups in total. The number of anilines is 2. The average molecular weight is 720 g/mol. The van der Waals surface area contributed by atoms with E-state index in [1.54, 1.807) is 74.4 Å². The first kappa shape index (κ1) is 36.5. The minimum absolute atomic E-state index is 0.0517. The van der Waals surface area contributed by atoms with Crippen molar-refractivity contribution >= 4 is 55.8 Å². The van der Waals surface area contributed by atoms with Crippen molar-refractivity contribution in [2.75, 3.05) is 35.9 Å². The Morgan fingerprint density at radius 3 is 2.32 bits per heavy atom. The first-order valence-electron chi connectivity index (χ1n) is 16.6. The zero-order valence-corrected chi connectivity index (χ0v) is 30.7. The minimum atomic E-state index is -4.20. The van der Waals surface area contributed by atoms with Crippen molar-refractivity contribution in [3.8, 4) is 0 Å². The molecule has 0 saturated carbocycles. The highest BCUT2D eigenvalue weighted by Gasteiger charge is 2.32. The lowest BCUT2D eigenvalue weighted by atomic mass is 10.0. The van der Waals surface area contributed by atoms with Gasteiger partial charge in [-0.05, 0) is 93.8 Å². The zero-order valence-electron chi connectivity index (χ0n) is 29.2. The van der Waals surface area contributed by atoms with Gasteiger partial charge in [0.05, 0.1) is 40.6 Å². The van der Waals surface area contributed by atoms with Crippen LogP contribution in [0.3, 0.4) is 0 Å². The molecule has 5 rings (SSSR count). The fourth-order valence-electron chi connectivity index (χ4n) is 6.11. The largest absolute Gasteiger partial charge is 0.467 e. The van der Waals surface area contributed by atoms with E-state index in [9.17, 15) is 18.0 Å². The second-order valence-corrected chi connectivity index (χ2v) is 14.0. The smallest absolute Gasteiger partial charge is 0.374 e. The Bertz CT molecular complexity index is 2110. The quantitative estimate of drug-likeness (QED) is 0.106. The van der Waals surface area contributed by atoms with E-state index >= 15 is 0 Å². The number of rotatable bonds is 14. The first-order valence-corrected chi connectivity index (χ1v) is 18.4. The summed E-state index contributed by atoms with van der Waals surface area (Å²) in [6.07, 6.45) is 1.90. The van der Waals surface area contributed by atoms with Gasteiger partial charge in [0.25, 0.3) is 15.9 Å². The van der Waals surface area contributed by atoms with Gasteiger partial charge in [0, 0.05) is 43.3 Å². The predicted octanol–water partition coefficient (Wildman–Crippen LogP) is 8.24. The Kier molecular flexibility index (Phi) is 11.3. The highest BCUT2D eigenvalue weighted by Crippen LogP contribution is 2.38. The summed E-state index contributed by atoms with van der Waals surface area (Å²) in [4.78, 5) is 30.4. The SMILES string of the molecule is CCOC(=O)c1oc2ccc(S(=O)(=O)N(CC)c3cc(N(C)CC)ccc3CN(Cc3ccco3)C(=O)c3ccccc3Cl)c(CC)c2c1C. The van der Waals surface area contributed by atoms with E-state index < -0.39 is 16.0 Å². The molecule has 2 heterocycles. The summed E-state index contributed by atoms with van der Waals surface area (Å²) in [6.45, 7) is 10.3. The molecule has 0 unspecified atom stereocenters. The maximum absolute atomic E-state index is 14.9. The topological polar surface area (TPSA) is 114 Å². The number of esters is 1. The molecule has 0 spiro atoms. The molecule has 0 fully saturated rings. The highest BCUT2D eigenvalue weighted by atomic mass is 35.5. The fraction of sp³-hybridized carbons (Fsp3) is 0.316. The van der Waals surface area contributed by atoms with Crippen LogP contribution in [0.25, 0.3) is 11.0 Å². The molecule has 1 amide bonds. The number of ether oxygens (including phenoxy) is 1. The van der Waals surface area contributed by atoms with Crippen LogP contribution in [0, 0.1) is 6.92 Å². The van der Waals surface area contributed by atoms with Gasteiger partial charge in [0.2, 0.25) is 5.76 Å². The fourth-order valence-corrected chi connectivity index (χ4v) is 8.14. The van der Waals surface area contributed by atoms with Crippen molar-refractivity contribution in [3.05, 3.63) is 112 Å². The molecule has 10 nitrogen and oxygen atoms in total. The number of furan rings is 2. The Morgan fingerprint density at radius 2 is 1.68 bits per heavy atom. The van der Waals surface area contributed by atoms with E-state index in [1.165, 1.54) is 10.4 Å². The van der Waals surface area contributed by atoms with Crippen molar-refractivity contribution in [2.45, 2.75) is 59.0 Å². The monoisotopic (exact) mass is 719 g/mol. The highest BCUT2D eigenvalue weighted by molar-refractivity contribution is 7.93. The molecule has 0 aliphatic rings. The summed E-state index contributed by atoms with van der Waals surface area (Å²) < 4.78 is 47.8. The summed E-state index contributed by atoms with van der Waals surface area (Å²) >= 11 is 6.47. The molecule has 5 aromatic rings. The summed E-state index contributed by atoms with van der Waals surface area (Å²) in [5.41, 5.74) is 3.64.